The van der Waals surface area contributed by atoms with Crippen LogP contribution in [-0.4, -0.2) is 54.2 Å². The lowest BCUT2D eigenvalue weighted by atomic mass is 10.4. The summed E-state index contributed by atoms with van der Waals surface area (Å²) in [4.78, 5) is 14.5. The van der Waals surface area contributed by atoms with Crippen LogP contribution in [0.2, 0.25) is 5.28 Å². The zero-order valence-electron chi connectivity index (χ0n) is 10.5. The largest absolute Gasteiger partial charge is 0.341 e. The molecule has 1 aliphatic rings. The monoisotopic (exact) mass is 322 g/mol. The van der Waals surface area contributed by atoms with Crippen LogP contribution in [0.15, 0.2) is 5.16 Å². The molecule has 0 aliphatic carbocycles. The maximum Gasteiger partial charge on any atom is 0.230 e. The van der Waals surface area contributed by atoms with Gasteiger partial charge in [0.2, 0.25) is 11.2 Å². The number of thioether (sulfide) groups is 1. The molecule has 19 heavy (non-hydrogen) atoms. The number of rotatable bonds is 5. The van der Waals surface area contributed by atoms with Gasteiger partial charge in [0, 0.05) is 25.1 Å². The van der Waals surface area contributed by atoms with Crippen molar-refractivity contribution in [1.29, 1.82) is 0 Å². The summed E-state index contributed by atoms with van der Waals surface area (Å²) >= 11 is 7.16. The fourth-order valence-corrected chi connectivity index (χ4v) is 3.96. The Morgan fingerprint density at radius 3 is 2.58 bits per heavy atom. The van der Waals surface area contributed by atoms with Crippen molar-refractivity contribution < 1.29 is 8.42 Å². The standard InChI is InChI=1S/C10H15ClN4O2S2/c1-19(16,17)7-6-18-10-13-8(11)12-9(14-10)15-4-2-3-5-15/h2-7H2,1H3. The normalized spacial score (nSPS) is 16.0. The number of sulfone groups is 1. The molecule has 0 atom stereocenters. The zero-order valence-corrected chi connectivity index (χ0v) is 12.9. The topological polar surface area (TPSA) is 76.1 Å². The molecule has 0 radical (unpaired) electrons. The van der Waals surface area contributed by atoms with Crippen LogP contribution in [0.5, 0.6) is 0 Å². The summed E-state index contributed by atoms with van der Waals surface area (Å²) in [5.41, 5.74) is 0. The summed E-state index contributed by atoms with van der Waals surface area (Å²) in [5.74, 6) is 1.10. The van der Waals surface area contributed by atoms with E-state index >= 15 is 0 Å². The van der Waals surface area contributed by atoms with E-state index in [1.165, 1.54) is 18.0 Å². The first-order valence-electron chi connectivity index (χ1n) is 5.91. The number of hydrogen-bond donors (Lipinski definition) is 0. The van der Waals surface area contributed by atoms with Gasteiger partial charge in [-0.3, -0.25) is 0 Å². The fourth-order valence-electron chi connectivity index (χ4n) is 1.73. The molecule has 6 nitrogen and oxygen atoms in total. The maximum absolute atomic E-state index is 11.1. The van der Waals surface area contributed by atoms with Gasteiger partial charge in [-0.05, 0) is 24.4 Å². The molecule has 0 saturated carbocycles. The van der Waals surface area contributed by atoms with Gasteiger partial charge in [0.1, 0.15) is 9.84 Å². The van der Waals surface area contributed by atoms with Crippen molar-refractivity contribution in [3.63, 3.8) is 0 Å². The number of aromatic nitrogens is 3. The smallest absolute Gasteiger partial charge is 0.230 e. The van der Waals surface area contributed by atoms with Gasteiger partial charge >= 0.3 is 0 Å². The van der Waals surface area contributed by atoms with Crippen LogP contribution in [-0.2, 0) is 9.84 Å². The van der Waals surface area contributed by atoms with E-state index in [1.54, 1.807) is 0 Å². The predicted molar refractivity (Wildman–Crippen MR) is 76.7 cm³/mol. The molecule has 0 N–H and O–H groups in total. The van der Waals surface area contributed by atoms with Crippen LogP contribution < -0.4 is 4.90 Å². The van der Waals surface area contributed by atoms with Crippen LogP contribution in [0.3, 0.4) is 0 Å². The molecule has 1 saturated heterocycles. The molecule has 1 fully saturated rings. The Bertz CT molecular complexity index is 546. The fraction of sp³-hybridized carbons (Fsp3) is 0.700. The predicted octanol–water partition coefficient (Wildman–Crippen LogP) is 1.26. The van der Waals surface area contributed by atoms with Crippen LogP contribution in [0.4, 0.5) is 5.95 Å². The second-order valence-corrected chi connectivity index (χ2v) is 8.02. The van der Waals surface area contributed by atoms with Crippen molar-refractivity contribution in [3.8, 4) is 0 Å². The van der Waals surface area contributed by atoms with Gasteiger partial charge in [-0.2, -0.15) is 15.0 Å². The maximum atomic E-state index is 11.1. The molecule has 1 aromatic rings. The van der Waals surface area contributed by atoms with Gasteiger partial charge in [-0.25, -0.2) is 8.42 Å². The van der Waals surface area contributed by atoms with E-state index in [0.29, 0.717) is 16.9 Å². The van der Waals surface area contributed by atoms with Crippen molar-refractivity contribution in [2.45, 2.75) is 18.0 Å². The van der Waals surface area contributed by atoms with Gasteiger partial charge in [0.15, 0.2) is 5.16 Å². The Kier molecular flexibility index (Phi) is 4.86. The lowest BCUT2D eigenvalue weighted by Crippen LogP contribution is -2.21. The zero-order chi connectivity index (χ0) is 13.9. The molecule has 106 valence electrons. The SMILES string of the molecule is CS(=O)(=O)CCSc1nc(Cl)nc(N2CCCC2)n1. The van der Waals surface area contributed by atoms with Gasteiger partial charge in [0.05, 0.1) is 5.75 Å². The lowest BCUT2D eigenvalue weighted by molar-refractivity contribution is 0.603. The van der Waals surface area contributed by atoms with E-state index in [9.17, 15) is 8.42 Å². The molecular weight excluding hydrogens is 308 g/mol. The molecule has 0 spiro atoms. The summed E-state index contributed by atoms with van der Waals surface area (Å²) in [6.45, 7) is 1.85. The van der Waals surface area contributed by atoms with Crippen LogP contribution in [0, 0.1) is 0 Å². The van der Waals surface area contributed by atoms with Crippen LogP contribution in [0.25, 0.3) is 0 Å². The van der Waals surface area contributed by atoms with E-state index in [0.717, 1.165) is 25.9 Å². The average Bonchev–Trinajstić information content (AvgIpc) is 2.79. The van der Waals surface area contributed by atoms with E-state index in [1.807, 2.05) is 0 Å². The highest BCUT2D eigenvalue weighted by molar-refractivity contribution is 8.00. The highest BCUT2D eigenvalue weighted by Crippen LogP contribution is 2.21. The summed E-state index contributed by atoms with van der Waals surface area (Å²) in [7, 11) is -2.97. The molecule has 1 aromatic heterocycles. The Labute approximate surface area is 121 Å². The average molecular weight is 323 g/mol. The van der Waals surface area contributed by atoms with Gasteiger partial charge < -0.3 is 4.90 Å². The molecule has 0 amide bonds. The lowest BCUT2D eigenvalue weighted by Gasteiger charge is -2.15. The highest BCUT2D eigenvalue weighted by Gasteiger charge is 2.17. The van der Waals surface area contributed by atoms with Crippen molar-refractivity contribution >= 4 is 39.1 Å². The Morgan fingerprint density at radius 1 is 1.26 bits per heavy atom. The molecular formula is C10H15ClN4O2S2. The van der Waals surface area contributed by atoms with E-state index < -0.39 is 9.84 Å². The Balaban J connectivity index is 2.04. The first-order valence-corrected chi connectivity index (χ1v) is 9.33. The van der Waals surface area contributed by atoms with Crippen LogP contribution in [0.1, 0.15) is 12.8 Å². The first-order chi connectivity index (χ1) is 8.94. The van der Waals surface area contributed by atoms with Crippen LogP contribution >= 0.6 is 23.4 Å². The Hall–Kier alpha value is -0.600. The number of anilines is 1. The molecule has 2 heterocycles. The summed E-state index contributed by atoms with van der Waals surface area (Å²) in [6.07, 6.45) is 3.46. The first kappa shape index (κ1) is 14.8. The quantitative estimate of drug-likeness (QED) is 0.755. The second-order valence-electron chi connectivity index (χ2n) is 4.36. The Morgan fingerprint density at radius 2 is 1.95 bits per heavy atom. The highest BCUT2D eigenvalue weighted by atomic mass is 35.5. The van der Waals surface area contributed by atoms with Crippen molar-refractivity contribution in [3.05, 3.63) is 5.28 Å². The third-order valence-electron chi connectivity index (χ3n) is 2.65. The second kappa shape index (κ2) is 6.23. The number of halogens is 1. The van der Waals surface area contributed by atoms with Crippen molar-refractivity contribution in [2.75, 3.05) is 35.8 Å². The molecule has 0 unspecified atom stereocenters. The van der Waals surface area contributed by atoms with Crippen molar-refractivity contribution in [1.82, 2.24) is 15.0 Å². The van der Waals surface area contributed by atoms with Gasteiger partial charge in [0.25, 0.3) is 0 Å². The minimum atomic E-state index is -2.97. The molecule has 0 aromatic carbocycles. The van der Waals surface area contributed by atoms with Crippen molar-refractivity contribution in [2.24, 2.45) is 0 Å². The molecule has 2 rings (SSSR count). The third kappa shape index (κ3) is 4.77. The molecule has 1 aliphatic heterocycles. The van der Waals surface area contributed by atoms with E-state index in [-0.39, 0.29) is 11.0 Å². The number of hydrogen-bond acceptors (Lipinski definition) is 7. The summed E-state index contributed by atoms with van der Waals surface area (Å²) in [5, 5.41) is 0.629. The number of nitrogens with zero attached hydrogens (tertiary/aromatic N) is 4. The van der Waals surface area contributed by atoms with E-state index in [4.69, 9.17) is 11.6 Å². The third-order valence-corrected chi connectivity index (χ3v) is 4.87. The minimum Gasteiger partial charge on any atom is -0.341 e. The van der Waals surface area contributed by atoms with Gasteiger partial charge in [-0.15, -0.1) is 0 Å². The minimum absolute atomic E-state index is 0.0972. The summed E-state index contributed by atoms with van der Waals surface area (Å²) < 4.78 is 22.1. The molecule has 0 bridgehead atoms. The molecule has 9 heteroatoms. The van der Waals surface area contributed by atoms with E-state index in [2.05, 4.69) is 19.9 Å². The summed E-state index contributed by atoms with van der Waals surface area (Å²) in [6, 6.07) is 0. The van der Waals surface area contributed by atoms with Gasteiger partial charge in [-0.1, -0.05) is 11.8 Å².